The molecule has 2 aromatic heterocycles. The van der Waals surface area contributed by atoms with Crippen LogP contribution in [0.15, 0.2) is 174 Å². The zero-order valence-corrected chi connectivity index (χ0v) is 39.1. The molecule has 4 heteroatoms. The Kier molecular flexibility index (Phi) is 8.72. The third-order valence-electron chi connectivity index (χ3n) is 15.5. The van der Waals surface area contributed by atoms with Gasteiger partial charge in [0.05, 0.1) is 11.2 Å². The van der Waals surface area contributed by atoms with Gasteiger partial charge < -0.3 is 14.3 Å². The van der Waals surface area contributed by atoms with E-state index in [1.165, 1.54) is 99.1 Å². The lowest BCUT2D eigenvalue weighted by molar-refractivity contribution is 0.332. The van der Waals surface area contributed by atoms with E-state index in [0.29, 0.717) is 0 Å². The van der Waals surface area contributed by atoms with Crippen molar-refractivity contribution in [1.82, 2.24) is 4.57 Å². The molecule has 9 aromatic carbocycles. The summed E-state index contributed by atoms with van der Waals surface area (Å²) in [4.78, 5) is 0. The minimum atomic E-state index is -0.0586. The van der Waals surface area contributed by atoms with Crippen LogP contribution in [0.2, 0.25) is 0 Å². The van der Waals surface area contributed by atoms with Crippen molar-refractivity contribution in [3.63, 3.8) is 0 Å². The number of aromatic nitrogens is 1. The van der Waals surface area contributed by atoms with Crippen LogP contribution >= 0.6 is 0 Å². The van der Waals surface area contributed by atoms with Gasteiger partial charge in [-0.15, -0.1) is 0 Å². The highest BCUT2D eigenvalue weighted by Gasteiger charge is 2.38. The number of nitrogens with one attached hydrogen (secondary N) is 1. The van der Waals surface area contributed by atoms with E-state index in [0.717, 1.165) is 46.3 Å². The molecule has 1 aliphatic heterocycles. The SMILES string of the molecule is Cc1ccc(Nc2cc3oc4cc5c(cc4c3cc2-c2cc(C(c3ccccc3)c3ccccc3)c3c4c6ccccc6ccc4n4c3c2[B]c2cc(C)ccc2-4)C(C)(C)CCC5(C)C)cc1. The maximum Gasteiger partial charge on any atom is 0.197 e. The van der Waals surface area contributed by atoms with Crippen molar-refractivity contribution in [2.75, 3.05) is 5.32 Å². The van der Waals surface area contributed by atoms with E-state index in [9.17, 15) is 0 Å². The lowest BCUT2D eigenvalue weighted by atomic mass is 9.58. The average molecular weight is 864 g/mol. The summed E-state index contributed by atoms with van der Waals surface area (Å²) in [6.45, 7) is 14.0. The van der Waals surface area contributed by atoms with Gasteiger partial charge in [-0.3, -0.25) is 0 Å². The highest BCUT2D eigenvalue weighted by atomic mass is 16.3. The molecule has 13 rings (SSSR count). The average Bonchev–Trinajstić information content (AvgIpc) is 3.88. The fourth-order valence-corrected chi connectivity index (χ4v) is 11.9. The Hall–Kier alpha value is -7.30. The smallest absolute Gasteiger partial charge is 0.197 e. The molecule has 0 amide bonds. The molecule has 0 fully saturated rings. The second-order valence-electron chi connectivity index (χ2n) is 20.8. The van der Waals surface area contributed by atoms with Gasteiger partial charge in [0.2, 0.25) is 0 Å². The first-order chi connectivity index (χ1) is 32.5. The predicted octanol–water partition coefficient (Wildman–Crippen LogP) is 15.4. The molecule has 0 unspecified atom stereocenters. The van der Waals surface area contributed by atoms with Gasteiger partial charge >= 0.3 is 0 Å². The monoisotopic (exact) mass is 863 g/mol. The van der Waals surface area contributed by atoms with Crippen molar-refractivity contribution >= 4 is 84.1 Å². The van der Waals surface area contributed by atoms with Crippen LogP contribution < -0.4 is 16.2 Å². The number of aryl methyl sites for hydroxylation is 2. The number of hydrogen-bond donors (Lipinski definition) is 1. The maximum absolute atomic E-state index is 6.99. The fourth-order valence-electron chi connectivity index (χ4n) is 11.9. The van der Waals surface area contributed by atoms with Crippen LogP contribution in [-0.4, -0.2) is 11.8 Å². The van der Waals surface area contributed by atoms with Gasteiger partial charge in [-0.25, -0.2) is 0 Å². The predicted molar refractivity (Wildman–Crippen MR) is 284 cm³/mol. The molecule has 1 radical (unpaired) electrons. The summed E-state index contributed by atoms with van der Waals surface area (Å²) in [5, 5.41) is 11.4. The molecule has 1 aliphatic carbocycles. The topological polar surface area (TPSA) is 30.1 Å². The molecule has 0 saturated carbocycles. The standard InChI is InChI=1S/C63H52BN2O/c1-37-21-25-42(26-22-37)65-52-36-56-45(46-34-49-50(35-55(46)67-56)63(5,6)30-29-62(49,3)4)32-44(52)47-33-48(57(40-16-9-7-10-17-40)41-18-11-8-12-19-41)59-58-43-20-14-13-15-39(43)24-28-54(58)66-53-27-23-38(2)31-51(53)64-60(47)61(59)66/h7-28,31-36,57,65H,29-30H2,1-6H3. The van der Waals surface area contributed by atoms with E-state index in [4.69, 9.17) is 4.42 Å². The van der Waals surface area contributed by atoms with Crippen LogP contribution in [-0.2, 0) is 10.8 Å². The molecule has 67 heavy (non-hydrogen) atoms. The number of nitrogens with zero attached hydrogens (tertiary/aromatic N) is 1. The van der Waals surface area contributed by atoms with E-state index in [1.54, 1.807) is 0 Å². The zero-order chi connectivity index (χ0) is 45.3. The molecule has 0 spiro atoms. The van der Waals surface area contributed by atoms with Gasteiger partial charge in [0, 0.05) is 56.0 Å². The van der Waals surface area contributed by atoms with E-state index in [2.05, 4.69) is 229 Å². The van der Waals surface area contributed by atoms with Crippen molar-refractivity contribution in [3.8, 4) is 16.8 Å². The number of rotatable bonds is 6. The molecule has 3 nitrogen and oxygen atoms in total. The summed E-state index contributed by atoms with van der Waals surface area (Å²) in [6, 6.07) is 63.7. The molecular weight excluding hydrogens is 812 g/mol. The van der Waals surface area contributed by atoms with Crippen LogP contribution in [0, 0.1) is 13.8 Å². The van der Waals surface area contributed by atoms with Crippen molar-refractivity contribution < 1.29 is 4.42 Å². The van der Waals surface area contributed by atoms with Gasteiger partial charge in [0.15, 0.2) is 7.28 Å². The van der Waals surface area contributed by atoms with Gasteiger partial charge in [0.1, 0.15) is 11.2 Å². The first-order valence-corrected chi connectivity index (χ1v) is 24.0. The van der Waals surface area contributed by atoms with Crippen LogP contribution in [0.5, 0.6) is 0 Å². The molecule has 1 N–H and O–H groups in total. The zero-order valence-electron chi connectivity index (χ0n) is 39.1. The number of hydrogen-bond acceptors (Lipinski definition) is 2. The molecule has 0 saturated heterocycles. The van der Waals surface area contributed by atoms with E-state index in [1.807, 2.05) is 0 Å². The Bertz CT molecular complexity index is 3780. The first kappa shape index (κ1) is 40.0. The van der Waals surface area contributed by atoms with Crippen molar-refractivity contribution in [2.24, 2.45) is 0 Å². The Morgan fingerprint density at radius 2 is 1.21 bits per heavy atom. The second-order valence-corrected chi connectivity index (χ2v) is 20.8. The summed E-state index contributed by atoms with van der Waals surface area (Å²) < 4.78 is 9.57. The molecule has 0 atom stereocenters. The molecule has 0 bridgehead atoms. The Morgan fingerprint density at radius 1 is 0.567 bits per heavy atom. The highest BCUT2D eigenvalue weighted by molar-refractivity contribution is 6.73. The van der Waals surface area contributed by atoms with Crippen molar-refractivity contribution in [3.05, 3.63) is 209 Å². The third-order valence-corrected chi connectivity index (χ3v) is 15.5. The van der Waals surface area contributed by atoms with Gasteiger partial charge in [-0.05, 0) is 136 Å². The second kappa shape index (κ2) is 14.6. The molecule has 11 aromatic rings. The van der Waals surface area contributed by atoms with Gasteiger partial charge in [-0.1, -0.05) is 160 Å². The molecule has 3 heterocycles. The van der Waals surface area contributed by atoms with Gasteiger partial charge in [0.25, 0.3) is 0 Å². The Labute approximate surface area is 393 Å². The van der Waals surface area contributed by atoms with Crippen molar-refractivity contribution in [2.45, 2.75) is 71.1 Å². The molecular formula is C63H52BN2O. The van der Waals surface area contributed by atoms with Crippen LogP contribution in [0.25, 0.3) is 71.3 Å². The third kappa shape index (κ3) is 6.18. The summed E-state index contributed by atoms with van der Waals surface area (Å²) in [7, 11) is 2.47. The fraction of sp³-hybridized carbons (Fsp3) is 0.175. The Balaban J connectivity index is 1.21. The van der Waals surface area contributed by atoms with Crippen LogP contribution in [0.3, 0.4) is 0 Å². The van der Waals surface area contributed by atoms with Crippen LogP contribution in [0.4, 0.5) is 11.4 Å². The largest absolute Gasteiger partial charge is 0.456 e. The van der Waals surface area contributed by atoms with E-state index >= 15 is 0 Å². The lowest BCUT2D eigenvalue weighted by Crippen LogP contribution is -2.37. The quantitative estimate of drug-likeness (QED) is 0.133. The van der Waals surface area contributed by atoms with E-state index < -0.39 is 0 Å². The number of benzene rings is 9. The molecule has 323 valence electrons. The first-order valence-electron chi connectivity index (χ1n) is 24.0. The number of furan rings is 1. The summed E-state index contributed by atoms with van der Waals surface area (Å²) in [5.74, 6) is -0.0586. The summed E-state index contributed by atoms with van der Waals surface area (Å²) >= 11 is 0. The number of fused-ring (bicyclic) bond motifs is 11. The van der Waals surface area contributed by atoms with E-state index in [-0.39, 0.29) is 16.7 Å². The molecule has 2 aliphatic rings. The number of anilines is 2. The minimum absolute atomic E-state index is 0.0586. The minimum Gasteiger partial charge on any atom is -0.456 e. The van der Waals surface area contributed by atoms with Gasteiger partial charge in [-0.2, -0.15) is 0 Å². The summed E-state index contributed by atoms with van der Waals surface area (Å²) in [5.41, 5.74) is 21.6. The normalized spacial score (nSPS) is 14.8. The van der Waals surface area contributed by atoms with Crippen molar-refractivity contribution in [1.29, 1.82) is 0 Å². The lowest BCUT2D eigenvalue weighted by Gasteiger charge is -2.41. The maximum atomic E-state index is 6.99. The summed E-state index contributed by atoms with van der Waals surface area (Å²) in [6.07, 6.45) is 2.31. The van der Waals surface area contributed by atoms with Crippen LogP contribution in [0.1, 0.15) is 85.4 Å². The Morgan fingerprint density at radius 3 is 1.94 bits per heavy atom. The highest BCUT2D eigenvalue weighted by Crippen LogP contribution is 2.51.